The molecular formula is C28H31N5O6S. The van der Waals surface area contributed by atoms with Crippen molar-refractivity contribution in [2.75, 3.05) is 13.1 Å². The molecule has 2 aliphatic heterocycles. The second-order valence-electron chi connectivity index (χ2n) is 11.6. The number of rotatable bonds is 8. The zero-order chi connectivity index (χ0) is 28.5. The number of benzene rings is 1. The zero-order valence-electron chi connectivity index (χ0n) is 22.7. The molecular weight excluding hydrogens is 534 g/mol. The molecule has 2 aliphatic carbocycles. The van der Waals surface area contributed by atoms with E-state index in [1.54, 1.807) is 50.1 Å². The number of ether oxygens (including phenoxy) is 2. The number of hydrogen-bond donors (Lipinski definition) is 1. The van der Waals surface area contributed by atoms with E-state index in [4.69, 9.17) is 14.7 Å². The molecule has 3 heterocycles. The van der Waals surface area contributed by atoms with Gasteiger partial charge < -0.3 is 19.7 Å². The third-order valence-corrected chi connectivity index (χ3v) is 11.7. The first-order valence-electron chi connectivity index (χ1n) is 13.4. The molecule has 1 aromatic heterocycles. The largest absolute Gasteiger partial charge is 0.457 e. The van der Waals surface area contributed by atoms with Gasteiger partial charge in [0.15, 0.2) is 21.3 Å². The molecule has 0 atom stereocenters. The lowest BCUT2D eigenvalue weighted by molar-refractivity contribution is -0.117. The van der Waals surface area contributed by atoms with Gasteiger partial charge >= 0.3 is 0 Å². The van der Waals surface area contributed by atoms with Gasteiger partial charge in [-0.1, -0.05) is 12.1 Å². The molecule has 210 valence electrons. The second kappa shape index (κ2) is 8.83. The van der Waals surface area contributed by atoms with E-state index >= 15 is 0 Å². The molecule has 12 heteroatoms. The van der Waals surface area contributed by atoms with Crippen LogP contribution in [0.4, 0.5) is 0 Å². The fourth-order valence-electron chi connectivity index (χ4n) is 5.75. The van der Waals surface area contributed by atoms with Crippen LogP contribution in [0.15, 0.2) is 36.3 Å². The van der Waals surface area contributed by atoms with Crippen LogP contribution in [-0.2, 0) is 39.3 Å². The van der Waals surface area contributed by atoms with Crippen molar-refractivity contribution in [3.8, 4) is 6.07 Å². The van der Waals surface area contributed by atoms with Crippen molar-refractivity contribution in [2.24, 2.45) is 7.05 Å². The second-order valence-corrected chi connectivity index (χ2v) is 14.2. The van der Waals surface area contributed by atoms with Gasteiger partial charge in [-0.15, -0.1) is 0 Å². The number of nitrogens with one attached hydrogen (secondary N) is 1. The molecule has 0 spiro atoms. The number of amides is 2. The number of aryl methyl sites for hydroxylation is 1. The van der Waals surface area contributed by atoms with E-state index in [9.17, 15) is 18.0 Å². The van der Waals surface area contributed by atoms with E-state index in [0.717, 1.165) is 5.56 Å². The Kier molecular flexibility index (Phi) is 5.82. The molecule has 2 amide bonds. The Bertz CT molecular complexity index is 1590. The molecule has 6 rings (SSSR count). The van der Waals surface area contributed by atoms with Crippen molar-refractivity contribution in [3.63, 3.8) is 0 Å². The van der Waals surface area contributed by atoms with Crippen LogP contribution in [0, 0.1) is 11.3 Å². The lowest BCUT2D eigenvalue weighted by Crippen LogP contribution is -2.49. The summed E-state index contributed by atoms with van der Waals surface area (Å²) in [5.41, 5.74) is 2.43. The number of carbonyl (C=O) groups is 2. The van der Waals surface area contributed by atoms with E-state index in [-0.39, 0.29) is 24.7 Å². The summed E-state index contributed by atoms with van der Waals surface area (Å²) in [6.07, 6.45) is 3.75. The average Bonchev–Trinajstić information content (AvgIpc) is 3.84. The van der Waals surface area contributed by atoms with Crippen LogP contribution in [0.2, 0.25) is 0 Å². The Morgan fingerprint density at radius 1 is 1.18 bits per heavy atom. The lowest BCUT2D eigenvalue weighted by Gasteiger charge is -2.33. The number of sulfone groups is 1. The summed E-state index contributed by atoms with van der Waals surface area (Å²) in [7, 11) is -2.06. The molecule has 1 N–H and O–H groups in total. The van der Waals surface area contributed by atoms with Gasteiger partial charge in [-0.2, -0.15) is 10.4 Å². The first-order valence-corrected chi connectivity index (χ1v) is 14.8. The monoisotopic (exact) mass is 565 g/mol. The van der Waals surface area contributed by atoms with Crippen molar-refractivity contribution in [1.82, 2.24) is 20.0 Å². The molecule has 0 bridgehead atoms. The van der Waals surface area contributed by atoms with E-state index in [0.29, 0.717) is 61.2 Å². The van der Waals surface area contributed by atoms with Crippen LogP contribution < -0.4 is 5.32 Å². The highest BCUT2D eigenvalue weighted by Gasteiger charge is 2.71. The Hall–Kier alpha value is -3.85. The number of carbonyl (C=O) groups excluding carboxylic acids is 2. The highest BCUT2D eigenvalue weighted by atomic mass is 32.2. The fraction of sp³-hybridized carbons (Fsp3) is 0.500. The number of nitriles is 1. The minimum absolute atomic E-state index is 0.0955. The number of nitrogens with zero attached hydrogens (tertiary/aromatic N) is 4. The summed E-state index contributed by atoms with van der Waals surface area (Å²) < 4.78 is 38.7. The molecule has 40 heavy (non-hydrogen) atoms. The van der Waals surface area contributed by atoms with Gasteiger partial charge in [0, 0.05) is 46.1 Å². The van der Waals surface area contributed by atoms with Gasteiger partial charge in [0.1, 0.15) is 16.7 Å². The third-order valence-electron chi connectivity index (χ3n) is 8.35. The molecule has 0 unspecified atom stereocenters. The Labute approximate surface area is 232 Å². The SMILES string of the molecule is Cn1nc(C(=O)NCc2ccc(C#N)cc2)c2c1C(=O)N(CC1(S(=O)(=O)C3(C4=COC(C)(C)O4)CC3)CC1)CC2. The molecule has 0 saturated heterocycles. The summed E-state index contributed by atoms with van der Waals surface area (Å²) >= 11 is 0. The minimum Gasteiger partial charge on any atom is -0.457 e. The van der Waals surface area contributed by atoms with Crippen LogP contribution in [0.5, 0.6) is 0 Å². The predicted molar refractivity (Wildman–Crippen MR) is 142 cm³/mol. The van der Waals surface area contributed by atoms with Crippen molar-refractivity contribution in [2.45, 2.75) is 67.8 Å². The van der Waals surface area contributed by atoms with Crippen molar-refractivity contribution in [1.29, 1.82) is 5.26 Å². The third kappa shape index (κ3) is 4.06. The van der Waals surface area contributed by atoms with Crippen LogP contribution in [0.3, 0.4) is 0 Å². The average molecular weight is 566 g/mol. The summed E-state index contributed by atoms with van der Waals surface area (Å²) in [6, 6.07) is 8.96. The van der Waals surface area contributed by atoms with Gasteiger partial charge in [-0.05, 0) is 49.8 Å². The topological polar surface area (TPSA) is 144 Å². The zero-order valence-corrected chi connectivity index (χ0v) is 23.5. The maximum absolute atomic E-state index is 14.0. The Morgan fingerprint density at radius 2 is 1.88 bits per heavy atom. The highest BCUT2D eigenvalue weighted by molar-refractivity contribution is 7.95. The number of hydrogen-bond acceptors (Lipinski definition) is 8. The standard InChI is InChI=1S/C28H31N5O6S/c1-26(2)38-16-21(39-26)28(11-12-28)40(36,37)27(9-10-27)17-33-13-8-20-22(31-32(3)23(20)25(33)35)24(34)30-15-19-6-4-18(14-29)5-7-19/h4-7,16H,8-13,15,17H2,1-3H3,(H,30,34). The van der Waals surface area contributed by atoms with Crippen LogP contribution >= 0.6 is 0 Å². The number of aromatic nitrogens is 2. The normalized spacial score (nSPS) is 21.4. The van der Waals surface area contributed by atoms with Gasteiger partial charge in [-0.3, -0.25) is 14.3 Å². The molecule has 2 fully saturated rings. The lowest BCUT2D eigenvalue weighted by atomic mass is 10.0. The van der Waals surface area contributed by atoms with Gasteiger partial charge in [-0.25, -0.2) is 8.42 Å². The highest BCUT2D eigenvalue weighted by Crippen LogP contribution is 2.61. The first-order chi connectivity index (χ1) is 18.9. The molecule has 11 nitrogen and oxygen atoms in total. The molecule has 2 saturated carbocycles. The smallest absolute Gasteiger partial charge is 0.272 e. The van der Waals surface area contributed by atoms with E-state index < -0.39 is 31.0 Å². The van der Waals surface area contributed by atoms with Crippen LogP contribution in [0.25, 0.3) is 0 Å². The minimum atomic E-state index is -3.68. The predicted octanol–water partition coefficient (Wildman–Crippen LogP) is 2.32. The van der Waals surface area contributed by atoms with Crippen molar-refractivity contribution < 1.29 is 27.5 Å². The molecule has 0 radical (unpaired) electrons. The summed E-state index contributed by atoms with van der Waals surface area (Å²) in [5.74, 6) is -1.26. The molecule has 2 aromatic rings. The van der Waals surface area contributed by atoms with Crippen LogP contribution in [0.1, 0.15) is 77.2 Å². The molecule has 1 aromatic carbocycles. The van der Waals surface area contributed by atoms with E-state index in [1.807, 2.05) is 0 Å². The quantitative estimate of drug-likeness (QED) is 0.514. The first kappa shape index (κ1) is 26.4. The summed E-state index contributed by atoms with van der Waals surface area (Å²) in [6.45, 7) is 4.13. The Morgan fingerprint density at radius 3 is 2.45 bits per heavy atom. The number of fused-ring (bicyclic) bond motifs is 1. The van der Waals surface area contributed by atoms with Crippen molar-refractivity contribution in [3.05, 3.63) is 64.4 Å². The van der Waals surface area contributed by atoms with Crippen molar-refractivity contribution >= 4 is 21.7 Å². The van der Waals surface area contributed by atoms with Gasteiger partial charge in [0.2, 0.25) is 5.79 Å². The fourth-order valence-corrected chi connectivity index (χ4v) is 8.54. The van der Waals surface area contributed by atoms with E-state index in [1.165, 1.54) is 10.9 Å². The summed E-state index contributed by atoms with van der Waals surface area (Å²) in [5, 5.41) is 16.1. The van der Waals surface area contributed by atoms with E-state index in [2.05, 4.69) is 16.5 Å². The van der Waals surface area contributed by atoms with Gasteiger partial charge in [0.25, 0.3) is 11.8 Å². The molecule has 4 aliphatic rings. The maximum Gasteiger partial charge on any atom is 0.272 e. The Balaban J connectivity index is 1.17. The summed E-state index contributed by atoms with van der Waals surface area (Å²) in [4.78, 5) is 28.2. The maximum atomic E-state index is 14.0. The van der Waals surface area contributed by atoms with Gasteiger partial charge in [0.05, 0.1) is 16.4 Å². The van der Waals surface area contributed by atoms with Crippen LogP contribution in [-0.4, -0.2) is 63.3 Å².